The summed E-state index contributed by atoms with van der Waals surface area (Å²) in [5.74, 6) is 0. The molecule has 0 bridgehead atoms. The maximum atomic E-state index is 11.0. The Hall–Kier alpha value is -0.500. The molecule has 0 aromatic heterocycles. The van der Waals surface area contributed by atoms with Crippen molar-refractivity contribution < 1.29 is 36.6 Å². The molecule has 0 aliphatic rings. The van der Waals surface area contributed by atoms with Crippen molar-refractivity contribution in [1.29, 1.82) is 0 Å². The quantitative estimate of drug-likeness (QED) is 0.621. The van der Waals surface area contributed by atoms with Crippen LogP contribution in [0.15, 0.2) is 0 Å². The summed E-state index contributed by atoms with van der Waals surface area (Å²) in [6.45, 7) is 3.44. The average Bonchev–Trinajstić information content (AvgIpc) is 1.80. The summed E-state index contributed by atoms with van der Waals surface area (Å²) in [6.07, 6.45) is -15.7. The highest BCUT2D eigenvalue weighted by atomic mass is 19.4. The lowest BCUT2D eigenvalue weighted by molar-refractivity contribution is -0.308. The molecule has 0 rings (SSSR count). The lowest BCUT2D eigenvalue weighted by Crippen LogP contribution is -2.41. The third kappa shape index (κ3) is 9.59. The van der Waals surface area contributed by atoms with Gasteiger partial charge in [-0.2, -0.15) is 26.3 Å². The molecule has 0 heterocycles. The number of aliphatic hydroxyl groups is 2. The van der Waals surface area contributed by atoms with E-state index >= 15 is 0 Å². The summed E-state index contributed by atoms with van der Waals surface area (Å²) >= 11 is 0. The summed E-state index contributed by atoms with van der Waals surface area (Å²) < 4.78 is 65.9. The molecule has 0 aliphatic heterocycles. The van der Waals surface area contributed by atoms with Gasteiger partial charge in [-0.25, -0.2) is 0 Å². The van der Waals surface area contributed by atoms with Gasteiger partial charge in [-0.1, -0.05) is 0 Å². The molecule has 2 nitrogen and oxygen atoms in total. The molecule has 0 radical (unpaired) electrons. The largest absolute Gasteiger partial charge is 0.423 e. The van der Waals surface area contributed by atoms with Gasteiger partial charge in [-0.15, -0.1) is 0 Å². The minimum atomic E-state index is -5.63. The SMILES string of the molecule is CC(C)O.OC(C(F)(F)F)C(F)(F)F. The van der Waals surface area contributed by atoms with Crippen molar-refractivity contribution in [2.24, 2.45) is 0 Å². The second kappa shape index (κ2) is 5.40. The summed E-state index contributed by atoms with van der Waals surface area (Å²) in [7, 11) is 0. The standard InChI is InChI=1S/C3H2F6O.C3H8O/c4-2(5,6)1(10)3(7,8)9;1-3(2)4/h1,10H;3-4H,1-2H3. The fourth-order valence-corrected chi connectivity index (χ4v) is 0.186. The van der Waals surface area contributed by atoms with Crippen LogP contribution in [0.2, 0.25) is 0 Å². The van der Waals surface area contributed by atoms with Crippen molar-refractivity contribution in [3.05, 3.63) is 0 Å². The van der Waals surface area contributed by atoms with Gasteiger partial charge in [0.25, 0.3) is 0 Å². The van der Waals surface area contributed by atoms with E-state index in [1.807, 2.05) is 0 Å². The van der Waals surface area contributed by atoms with E-state index in [9.17, 15) is 26.3 Å². The molecule has 0 aliphatic carbocycles. The van der Waals surface area contributed by atoms with Gasteiger partial charge >= 0.3 is 12.4 Å². The first-order valence-corrected chi connectivity index (χ1v) is 3.38. The average molecular weight is 228 g/mol. The molecule has 88 valence electrons. The fourth-order valence-electron chi connectivity index (χ4n) is 0.186. The van der Waals surface area contributed by atoms with Crippen molar-refractivity contribution in [3.8, 4) is 0 Å². The van der Waals surface area contributed by atoms with Crippen LogP contribution >= 0.6 is 0 Å². The second-order valence-electron chi connectivity index (χ2n) is 2.58. The fraction of sp³-hybridized carbons (Fsp3) is 1.00. The predicted molar refractivity (Wildman–Crippen MR) is 35.5 cm³/mol. The molecule has 0 atom stereocenters. The molecule has 8 heteroatoms. The van der Waals surface area contributed by atoms with Crippen LogP contribution in [0.1, 0.15) is 13.8 Å². The van der Waals surface area contributed by atoms with Gasteiger partial charge in [0.2, 0.25) is 6.10 Å². The van der Waals surface area contributed by atoms with E-state index in [1.165, 1.54) is 0 Å². The Balaban J connectivity index is 0. The van der Waals surface area contributed by atoms with Crippen LogP contribution in [0, 0.1) is 0 Å². The molecular formula is C6H10F6O2. The van der Waals surface area contributed by atoms with Crippen LogP contribution in [0.25, 0.3) is 0 Å². The van der Waals surface area contributed by atoms with Gasteiger partial charge < -0.3 is 10.2 Å². The van der Waals surface area contributed by atoms with Crippen LogP contribution in [-0.2, 0) is 0 Å². The predicted octanol–water partition coefficient (Wildman–Crippen LogP) is 1.86. The Morgan fingerprint density at radius 1 is 0.786 bits per heavy atom. The Morgan fingerprint density at radius 3 is 0.929 bits per heavy atom. The monoisotopic (exact) mass is 228 g/mol. The molecule has 0 aromatic rings. The molecule has 0 saturated heterocycles. The van der Waals surface area contributed by atoms with Crippen molar-refractivity contribution >= 4 is 0 Å². The van der Waals surface area contributed by atoms with E-state index in [0.29, 0.717) is 0 Å². The minimum absolute atomic E-state index is 0.167. The normalized spacial score (nSPS) is 12.9. The van der Waals surface area contributed by atoms with E-state index in [2.05, 4.69) is 0 Å². The third-order valence-corrected chi connectivity index (χ3v) is 0.620. The van der Waals surface area contributed by atoms with Gasteiger partial charge in [0.1, 0.15) is 0 Å². The van der Waals surface area contributed by atoms with Crippen LogP contribution in [0.5, 0.6) is 0 Å². The van der Waals surface area contributed by atoms with Crippen LogP contribution in [-0.4, -0.2) is 34.8 Å². The lowest BCUT2D eigenvalue weighted by atomic mass is 10.3. The Kier molecular flexibility index (Phi) is 6.15. The zero-order chi connectivity index (χ0) is 12.2. The summed E-state index contributed by atoms with van der Waals surface area (Å²) in [5.41, 5.74) is 0. The first-order chi connectivity index (χ1) is 5.89. The number of hydrogen-bond donors (Lipinski definition) is 2. The van der Waals surface area contributed by atoms with Gasteiger partial charge in [0, 0.05) is 6.10 Å². The number of aliphatic hydroxyl groups excluding tert-OH is 2. The minimum Gasteiger partial charge on any atom is -0.394 e. The number of hydrogen-bond acceptors (Lipinski definition) is 2. The molecule has 0 spiro atoms. The molecule has 0 saturated carbocycles. The Labute approximate surface area is 76.2 Å². The van der Waals surface area contributed by atoms with E-state index in [1.54, 1.807) is 13.8 Å². The van der Waals surface area contributed by atoms with Crippen molar-refractivity contribution in [2.75, 3.05) is 0 Å². The van der Waals surface area contributed by atoms with Crippen LogP contribution in [0.4, 0.5) is 26.3 Å². The highest BCUT2D eigenvalue weighted by Gasteiger charge is 2.55. The maximum absolute atomic E-state index is 11.0. The molecule has 0 aromatic carbocycles. The van der Waals surface area contributed by atoms with Crippen LogP contribution < -0.4 is 0 Å². The maximum Gasteiger partial charge on any atom is 0.423 e. The molecular weight excluding hydrogens is 218 g/mol. The van der Waals surface area contributed by atoms with Crippen molar-refractivity contribution in [1.82, 2.24) is 0 Å². The highest BCUT2D eigenvalue weighted by Crippen LogP contribution is 2.32. The van der Waals surface area contributed by atoms with E-state index in [-0.39, 0.29) is 6.10 Å². The summed E-state index contributed by atoms with van der Waals surface area (Å²) in [4.78, 5) is 0. The van der Waals surface area contributed by atoms with E-state index in [4.69, 9.17) is 10.2 Å². The molecule has 0 unspecified atom stereocenters. The molecule has 0 amide bonds. The Morgan fingerprint density at radius 2 is 0.929 bits per heavy atom. The number of halogens is 6. The third-order valence-electron chi connectivity index (χ3n) is 0.620. The Bertz CT molecular complexity index is 133. The smallest absolute Gasteiger partial charge is 0.394 e. The first kappa shape index (κ1) is 15.9. The summed E-state index contributed by atoms with van der Waals surface area (Å²) in [6, 6.07) is 0. The van der Waals surface area contributed by atoms with Gasteiger partial charge in [-0.3, -0.25) is 0 Å². The topological polar surface area (TPSA) is 40.5 Å². The van der Waals surface area contributed by atoms with E-state index < -0.39 is 18.5 Å². The molecule has 2 N–H and O–H groups in total. The van der Waals surface area contributed by atoms with Crippen LogP contribution in [0.3, 0.4) is 0 Å². The molecule has 14 heavy (non-hydrogen) atoms. The van der Waals surface area contributed by atoms with Crippen molar-refractivity contribution in [3.63, 3.8) is 0 Å². The zero-order valence-electron chi connectivity index (χ0n) is 7.32. The van der Waals surface area contributed by atoms with Gasteiger partial charge in [0.15, 0.2) is 0 Å². The number of alkyl halides is 6. The number of rotatable bonds is 0. The molecule has 0 fully saturated rings. The van der Waals surface area contributed by atoms with Gasteiger partial charge in [-0.05, 0) is 13.8 Å². The van der Waals surface area contributed by atoms with E-state index in [0.717, 1.165) is 0 Å². The van der Waals surface area contributed by atoms with Gasteiger partial charge in [0.05, 0.1) is 0 Å². The van der Waals surface area contributed by atoms with Crippen molar-refractivity contribution in [2.45, 2.75) is 38.4 Å². The summed E-state index contributed by atoms with van der Waals surface area (Å²) in [5, 5.41) is 15.5. The highest BCUT2D eigenvalue weighted by molar-refractivity contribution is 4.72. The zero-order valence-corrected chi connectivity index (χ0v) is 7.32. The lowest BCUT2D eigenvalue weighted by Gasteiger charge is -2.16. The second-order valence-corrected chi connectivity index (χ2v) is 2.58. The first-order valence-electron chi connectivity index (χ1n) is 3.38.